The van der Waals surface area contributed by atoms with Crippen LogP contribution in [0.15, 0.2) is 24.3 Å². The third-order valence-corrected chi connectivity index (χ3v) is 15.8. The number of Topliss-reactive ketones (excluding diaryl/α,β-unsaturated/α-hetero) is 1. The number of rotatable bonds is 16. The molecule has 0 aromatic rings. The number of allylic oxidation sites excluding steroid dienone is 2. The third kappa shape index (κ3) is 12.9. The average Bonchev–Trinajstić information content (AvgIpc) is 3.79. The number of hydrogen-bond donors (Lipinski definition) is 5. The number of carbonyl (C=O) groups is 1. The van der Waals surface area contributed by atoms with E-state index in [2.05, 4.69) is 0 Å². The molecular weight excluding hydrogens is 900 g/mol. The molecule has 5 N–H and O–H groups in total. The zero-order valence-corrected chi connectivity index (χ0v) is 37.6. The number of ketones is 1. The summed E-state index contributed by atoms with van der Waals surface area (Å²) in [7, 11) is 0. The Balaban J connectivity index is 0.000000410. The van der Waals surface area contributed by atoms with Crippen LogP contribution in [0, 0.1) is 45.3 Å². The van der Waals surface area contributed by atoms with Crippen LogP contribution in [0.5, 0.6) is 0 Å². The van der Waals surface area contributed by atoms with Crippen molar-refractivity contribution in [2.24, 2.45) is 45.3 Å². The maximum absolute atomic E-state index is 13.2. The molecule has 0 heterocycles. The van der Waals surface area contributed by atoms with Crippen LogP contribution < -0.4 is 0 Å². The molecule has 2 unspecified atom stereocenters. The highest BCUT2D eigenvalue weighted by Crippen LogP contribution is 2.64. The quantitative estimate of drug-likeness (QED) is 0.0777. The predicted octanol–water partition coefficient (Wildman–Crippen LogP) is 12.8. The van der Waals surface area contributed by atoms with E-state index in [9.17, 15) is 83.0 Å². The topological polar surface area (TPSA) is 118 Å². The molecule has 0 aliphatic heterocycles. The highest BCUT2D eigenvalue weighted by molar-refractivity contribution is 5.83. The molecule has 4 aliphatic rings. The molecule has 18 heteroatoms. The van der Waals surface area contributed by atoms with E-state index >= 15 is 0 Å². The largest absolute Gasteiger partial charge is 0.429 e. The van der Waals surface area contributed by atoms with Gasteiger partial charge < -0.3 is 25.5 Å². The molecule has 0 saturated heterocycles. The summed E-state index contributed by atoms with van der Waals surface area (Å²) < 4.78 is 249. The van der Waals surface area contributed by atoms with Gasteiger partial charge in [0.1, 0.15) is 5.78 Å². The average molecular weight is 987 g/mol. The van der Waals surface area contributed by atoms with Crippen LogP contribution in [0.1, 0.15) is 187 Å². The molecule has 0 spiro atoms. The number of halogens is 12. The SMILES string of the molecule is [2H]C([2H])([2H])C(O)(CCC[C@](C)(C/C=C\C(O)(C(F)(F)F)C(F)(F)F)[C@H]1CCC2C(=O)CCC[C@@]21C)C([2H])([2H])[2H].[2H]C([2H])([2H])C(O)(CCC[C@](C)(C/C=C\C(O)(C(F)(F)F)C(F)(F)F)[C@H]1CCC2[C@@H](O)CCC[C@@]21C)C([2H])([2H])[2H]. The van der Waals surface area contributed by atoms with Crippen LogP contribution in [0.2, 0.25) is 0 Å². The highest BCUT2D eigenvalue weighted by atomic mass is 19.4. The van der Waals surface area contributed by atoms with Gasteiger partial charge in [-0.1, -0.05) is 59.1 Å². The summed E-state index contributed by atoms with van der Waals surface area (Å²) in [5, 5.41) is 50.9. The summed E-state index contributed by atoms with van der Waals surface area (Å²) in [4.78, 5) is 12.6. The van der Waals surface area contributed by atoms with E-state index in [4.69, 9.17) is 16.4 Å². The maximum Gasteiger partial charge on any atom is 0.429 e. The number of carbonyl (C=O) groups excluding carboxylic acids is 1. The van der Waals surface area contributed by atoms with Crippen LogP contribution >= 0.6 is 0 Å². The van der Waals surface area contributed by atoms with Gasteiger partial charge in [0.05, 0.1) is 17.3 Å². The highest BCUT2D eigenvalue weighted by Gasteiger charge is 2.70. The molecule has 0 aromatic carbocycles. The van der Waals surface area contributed by atoms with E-state index in [1.54, 1.807) is 13.8 Å². The van der Waals surface area contributed by atoms with Gasteiger partial charge in [0.25, 0.3) is 11.2 Å². The lowest BCUT2D eigenvalue weighted by Gasteiger charge is -2.50. The summed E-state index contributed by atoms with van der Waals surface area (Å²) in [5.74, 6) is -1.17. The molecule has 6 nitrogen and oxygen atoms in total. The van der Waals surface area contributed by atoms with E-state index in [1.165, 1.54) is 0 Å². The smallest absolute Gasteiger partial charge is 0.393 e. The van der Waals surface area contributed by atoms with Crippen molar-refractivity contribution >= 4 is 5.78 Å². The predicted molar refractivity (Wildman–Crippen MR) is 226 cm³/mol. The van der Waals surface area contributed by atoms with Crippen molar-refractivity contribution in [2.45, 2.75) is 224 Å². The number of alkyl halides is 12. The van der Waals surface area contributed by atoms with Crippen LogP contribution in [0.25, 0.3) is 0 Å². The van der Waals surface area contributed by atoms with Crippen LogP contribution in [0.4, 0.5) is 52.7 Å². The van der Waals surface area contributed by atoms with E-state index in [-0.39, 0.29) is 73.7 Å². The van der Waals surface area contributed by atoms with E-state index in [0.29, 0.717) is 76.4 Å². The van der Waals surface area contributed by atoms with Gasteiger partial charge in [0.2, 0.25) is 0 Å². The Labute approximate surface area is 398 Å². The Morgan fingerprint density at radius 1 is 0.591 bits per heavy atom. The minimum absolute atomic E-state index is 0.0225. The molecule has 0 bridgehead atoms. The van der Waals surface area contributed by atoms with Gasteiger partial charge >= 0.3 is 24.7 Å². The summed E-state index contributed by atoms with van der Waals surface area (Å²) >= 11 is 0. The van der Waals surface area contributed by atoms with Gasteiger partial charge in [-0.25, -0.2) is 0 Å². The van der Waals surface area contributed by atoms with Gasteiger partial charge in [-0.3, -0.25) is 4.79 Å². The monoisotopic (exact) mass is 987 g/mol. The second-order valence-electron chi connectivity index (χ2n) is 20.7. The molecule has 0 aromatic heterocycles. The van der Waals surface area contributed by atoms with Crippen molar-refractivity contribution in [3.05, 3.63) is 24.3 Å². The molecule has 4 fully saturated rings. The molecule has 4 saturated carbocycles. The standard InChI is InChI=1S/C24H38F6O3.C24H36F6O3/c2*1-19(2,32)11-6-12-20(3,13-7-15-22(33,23(25,26)27)24(28,29)30)18-10-9-16-17(31)8-5-14-21(16,18)4/h7,15-18,31-33H,5-6,8-14H2,1-4H3;7,15-16,18,32-33H,5-6,8-14H2,1-4H3/b2*15-7-/t16?,17-,18+,20+,21-;16?,18-,20-,21+/m01/s1/i2*1D3,2D3. The zero-order chi connectivity index (χ0) is 61.0. The van der Waals surface area contributed by atoms with Crippen LogP contribution in [0.3, 0.4) is 0 Å². The first-order chi connectivity index (χ1) is 34.5. The second kappa shape index (κ2) is 20.1. The van der Waals surface area contributed by atoms with Crippen molar-refractivity contribution in [2.75, 3.05) is 0 Å². The normalized spacial score (nSPS) is 34.0. The Kier molecular flexibility index (Phi) is 12.7. The van der Waals surface area contributed by atoms with Crippen LogP contribution in [-0.4, -0.2) is 84.5 Å². The number of hydrogen-bond acceptors (Lipinski definition) is 6. The minimum Gasteiger partial charge on any atom is -0.393 e. The van der Waals surface area contributed by atoms with Crippen molar-refractivity contribution in [1.29, 1.82) is 0 Å². The van der Waals surface area contributed by atoms with Crippen LogP contribution in [-0.2, 0) is 4.79 Å². The first-order valence-electron chi connectivity index (χ1n) is 28.3. The second-order valence-corrected chi connectivity index (χ2v) is 20.7. The van der Waals surface area contributed by atoms with E-state index in [0.717, 1.165) is 0 Å². The fourth-order valence-corrected chi connectivity index (χ4v) is 12.4. The Bertz CT molecular complexity index is 2050. The Morgan fingerprint density at radius 2 is 0.985 bits per heavy atom. The first kappa shape index (κ1) is 41.9. The lowest BCUT2D eigenvalue weighted by molar-refractivity contribution is -0.348. The lowest BCUT2D eigenvalue weighted by Crippen LogP contribution is -2.55. The summed E-state index contributed by atoms with van der Waals surface area (Å²) in [6, 6.07) is 0. The molecule has 66 heavy (non-hydrogen) atoms. The molecule has 386 valence electrons. The summed E-state index contributed by atoms with van der Waals surface area (Å²) in [6.07, 6.45) is -21.5. The van der Waals surface area contributed by atoms with Gasteiger partial charge in [0.15, 0.2) is 0 Å². The molecule has 4 rings (SSSR count). The Morgan fingerprint density at radius 3 is 1.39 bits per heavy atom. The summed E-state index contributed by atoms with van der Waals surface area (Å²) in [6.45, 7) is -6.13. The van der Waals surface area contributed by atoms with Gasteiger partial charge in [-0.2, -0.15) is 52.7 Å². The van der Waals surface area contributed by atoms with E-state index < -0.39 is 122 Å². The fourth-order valence-electron chi connectivity index (χ4n) is 12.4. The third-order valence-electron chi connectivity index (χ3n) is 15.8. The fraction of sp³-hybridized carbons (Fsp3) is 0.896. The maximum atomic E-state index is 13.2. The van der Waals surface area contributed by atoms with Crippen molar-refractivity contribution < 1.29 is 99.5 Å². The van der Waals surface area contributed by atoms with E-state index in [1.807, 2.05) is 13.8 Å². The molecule has 0 radical (unpaired) electrons. The molecular formula is C48H74F12O6. The minimum atomic E-state index is -6.05. The number of aliphatic hydroxyl groups is 5. The van der Waals surface area contributed by atoms with Gasteiger partial charge in [-0.15, -0.1) is 0 Å². The van der Waals surface area contributed by atoms with Gasteiger partial charge in [-0.05, 0) is 169 Å². The number of aliphatic hydroxyl groups excluding tert-OH is 1. The Hall–Kier alpha value is -1.89. The van der Waals surface area contributed by atoms with Crippen molar-refractivity contribution in [3.8, 4) is 0 Å². The summed E-state index contributed by atoms with van der Waals surface area (Å²) in [5.41, 5.74) is -19.6. The van der Waals surface area contributed by atoms with Crippen molar-refractivity contribution in [3.63, 3.8) is 0 Å². The number of fused-ring (bicyclic) bond motifs is 2. The molecule has 4 aliphatic carbocycles. The molecule has 9 atom stereocenters. The first-order valence-corrected chi connectivity index (χ1v) is 22.3. The van der Waals surface area contributed by atoms with Gasteiger partial charge in [0, 0.05) is 28.8 Å². The zero-order valence-electron chi connectivity index (χ0n) is 49.6. The van der Waals surface area contributed by atoms with Crippen molar-refractivity contribution in [1.82, 2.24) is 0 Å². The lowest BCUT2D eigenvalue weighted by atomic mass is 9.56. The molecule has 0 amide bonds.